The third-order valence-electron chi connectivity index (χ3n) is 7.11. The van der Waals surface area contributed by atoms with Gasteiger partial charge in [-0.1, -0.05) is 48.2 Å². The number of amidine groups is 2. The minimum atomic E-state index is -0.803. The van der Waals surface area contributed by atoms with E-state index in [4.69, 9.17) is 4.99 Å². The Balaban J connectivity index is 1.13. The van der Waals surface area contributed by atoms with Crippen LogP contribution in [-0.2, 0) is 20.9 Å². The van der Waals surface area contributed by atoms with Crippen LogP contribution in [0.2, 0.25) is 0 Å². The molecule has 1 fully saturated rings. The lowest BCUT2D eigenvalue weighted by Gasteiger charge is -2.36. The van der Waals surface area contributed by atoms with Crippen LogP contribution in [0.1, 0.15) is 16.9 Å². The molecule has 0 bridgehead atoms. The summed E-state index contributed by atoms with van der Waals surface area (Å²) in [5.41, 5.74) is 2.60. The zero-order chi connectivity index (χ0) is 27.5. The largest absolute Gasteiger partial charge is 0.368 e. The van der Waals surface area contributed by atoms with Crippen molar-refractivity contribution in [2.45, 2.75) is 19.0 Å². The number of fused-ring (bicyclic) bond motifs is 3. The molecule has 204 valence electrons. The molecule has 1 aromatic heterocycles. The van der Waals surface area contributed by atoms with Crippen LogP contribution in [0.25, 0.3) is 0 Å². The quantitative estimate of drug-likeness (QED) is 0.466. The van der Waals surface area contributed by atoms with Crippen molar-refractivity contribution in [3.05, 3.63) is 82.6 Å². The van der Waals surface area contributed by atoms with Crippen LogP contribution < -0.4 is 10.2 Å². The summed E-state index contributed by atoms with van der Waals surface area (Å²) in [6, 6.07) is 20.8. The summed E-state index contributed by atoms with van der Waals surface area (Å²) in [6.07, 6.45) is -0.0473. The molecule has 3 aliphatic heterocycles. The van der Waals surface area contributed by atoms with E-state index in [2.05, 4.69) is 27.3 Å². The van der Waals surface area contributed by atoms with Gasteiger partial charge in [0.15, 0.2) is 5.17 Å². The van der Waals surface area contributed by atoms with Gasteiger partial charge in [0, 0.05) is 42.3 Å². The first-order chi connectivity index (χ1) is 19.6. The summed E-state index contributed by atoms with van der Waals surface area (Å²) in [5.74, 6) is 0.0710. The number of thiophene rings is 1. The minimum absolute atomic E-state index is 0.0218. The van der Waals surface area contributed by atoms with Gasteiger partial charge in [-0.2, -0.15) is 4.99 Å². The molecule has 6 rings (SSSR count). The monoisotopic (exact) mass is 572 g/mol. The Hall–Kier alpha value is -3.96. The Morgan fingerprint density at radius 2 is 1.73 bits per heavy atom. The number of carbonyl (C=O) groups is 3. The first-order valence-corrected chi connectivity index (χ1v) is 15.0. The van der Waals surface area contributed by atoms with Crippen LogP contribution in [0, 0.1) is 0 Å². The number of nitrogens with zero attached hydrogens (tertiary/aromatic N) is 5. The summed E-state index contributed by atoms with van der Waals surface area (Å²) in [5, 5.41) is 5.37. The molecule has 0 spiro atoms. The highest BCUT2D eigenvalue weighted by atomic mass is 32.2. The maximum Gasteiger partial charge on any atom is 0.271 e. The van der Waals surface area contributed by atoms with Crippen LogP contribution in [0.3, 0.4) is 0 Å². The van der Waals surface area contributed by atoms with E-state index in [1.165, 1.54) is 11.8 Å². The molecular formula is C29H28N6O3S2. The standard InChI is InChI=1S/C29H28N6O3S2/c36-25(30-18-21-9-6-16-39-21)17-24-28(38)32-27-22-10-4-5-11-23(22)31-29(35(24)27)40-19-26(37)34-14-12-33(13-15-34)20-7-2-1-3-8-20/h1-11,16,24H,12-15,17-19H2,(H,30,36). The fourth-order valence-corrected chi connectivity index (χ4v) is 6.61. The molecule has 40 heavy (non-hydrogen) atoms. The zero-order valence-electron chi connectivity index (χ0n) is 21.7. The fraction of sp³-hybridized carbons (Fsp3) is 0.276. The number of anilines is 1. The molecule has 3 amide bonds. The molecule has 1 unspecified atom stereocenters. The number of hydrogen-bond donors (Lipinski definition) is 1. The first kappa shape index (κ1) is 26.3. The molecule has 0 radical (unpaired) electrons. The van der Waals surface area contributed by atoms with E-state index < -0.39 is 6.04 Å². The van der Waals surface area contributed by atoms with Crippen molar-refractivity contribution in [2.75, 3.05) is 36.8 Å². The third kappa shape index (κ3) is 5.52. The number of rotatable bonds is 7. The van der Waals surface area contributed by atoms with Crippen molar-refractivity contribution in [3.8, 4) is 0 Å². The number of piperazine rings is 1. The van der Waals surface area contributed by atoms with Gasteiger partial charge in [-0.15, -0.1) is 11.3 Å². The van der Waals surface area contributed by atoms with Crippen LogP contribution in [0.5, 0.6) is 0 Å². The van der Waals surface area contributed by atoms with Crippen LogP contribution in [-0.4, -0.2) is 76.5 Å². The zero-order valence-corrected chi connectivity index (χ0v) is 23.4. The number of carbonyl (C=O) groups excluding carboxylic acids is 3. The maximum absolute atomic E-state index is 13.2. The predicted octanol–water partition coefficient (Wildman–Crippen LogP) is 3.50. The van der Waals surface area contributed by atoms with E-state index in [1.54, 1.807) is 16.2 Å². The van der Waals surface area contributed by atoms with E-state index in [-0.39, 0.29) is 29.9 Å². The second-order valence-electron chi connectivity index (χ2n) is 9.62. The second-order valence-corrected chi connectivity index (χ2v) is 11.6. The molecule has 0 aliphatic carbocycles. The second kappa shape index (κ2) is 11.6. The molecule has 1 saturated heterocycles. The normalized spacial score (nSPS) is 18.1. The molecule has 3 aromatic rings. The van der Waals surface area contributed by atoms with Crippen LogP contribution in [0.4, 0.5) is 11.4 Å². The van der Waals surface area contributed by atoms with Crippen molar-refractivity contribution in [1.29, 1.82) is 0 Å². The van der Waals surface area contributed by atoms with Gasteiger partial charge in [0.25, 0.3) is 5.91 Å². The SMILES string of the molecule is O=C(CC1C(=O)N=C2c3ccccc3N=C(SCC(=O)N3CCN(c4ccccc4)CC3)N21)NCc1cccs1. The molecular weight excluding hydrogens is 544 g/mol. The summed E-state index contributed by atoms with van der Waals surface area (Å²) in [4.78, 5) is 55.1. The van der Waals surface area contributed by atoms with Crippen LogP contribution >= 0.6 is 23.1 Å². The molecule has 11 heteroatoms. The molecule has 1 N–H and O–H groups in total. The van der Waals surface area contributed by atoms with Gasteiger partial charge in [-0.3, -0.25) is 19.3 Å². The molecule has 1 atom stereocenters. The maximum atomic E-state index is 13.2. The summed E-state index contributed by atoms with van der Waals surface area (Å²) < 4.78 is 0. The minimum Gasteiger partial charge on any atom is -0.368 e. The number of aliphatic imine (C=N–C) groups is 2. The van der Waals surface area contributed by atoms with Gasteiger partial charge in [-0.05, 0) is 35.7 Å². The van der Waals surface area contributed by atoms with Gasteiger partial charge in [0.2, 0.25) is 11.8 Å². The fourth-order valence-electron chi connectivity index (χ4n) is 5.02. The number of thioether (sulfide) groups is 1. The van der Waals surface area contributed by atoms with E-state index in [0.717, 1.165) is 29.2 Å². The molecule has 4 heterocycles. The summed E-state index contributed by atoms with van der Waals surface area (Å²) in [6.45, 7) is 3.25. The highest BCUT2D eigenvalue weighted by Crippen LogP contribution is 2.35. The predicted molar refractivity (Wildman–Crippen MR) is 159 cm³/mol. The lowest BCUT2D eigenvalue weighted by atomic mass is 10.1. The third-order valence-corrected chi connectivity index (χ3v) is 8.92. The average molecular weight is 573 g/mol. The highest BCUT2D eigenvalue weighted by Gasteiger charge is 2.43. The summed E-state index contributed by atoms with van der Waals surface area (Å²) in [7, 11) is 0. The number of para-hydroxylation sites is 2. The molecule has 2 aromatic carbocycles. The topological polar surface area (TPSA) is 97.7 Å². The Labute approximate surface area is 240 Å². The van der Waals surface area contributed by atoms with Gasteiger partial charge in [0.05, 0.1) is 24.4 Å². The lowest BCUT2D eigenvalue weighted by molar-refractivity contribution is -0.128. The Kier molecular flexibility index (Phi) is 7.65. The Bertz CT molecular complexity index is 1470. The van der Waals surface area contributed by atoms with E-state index in [0.29, 0.717) is 36.3 Å². The first-order valence-electron chi connectivity index (χ1n) is 13.2. The van der Waals surface area contributed by atoms with Crippen molar-refractivity contribution in [3.63, 3.8) is 0 Å². The van der Waals surface area contributed by atoms with Gasteiger partial charge in [-0.25, -0.2) is 4.99 Å². The number of hydrogen-bond acceptors (Lipinski definition) is 8. The molecule has 3 aliphatic rings. The van der Waals surface area contributed by atoms with Gasteiger partial charge >= 0.3 is 0 Å². The number of nitrogens with one attached hydrogen (secondary N) is 1. The Morgan fingerprint density at radius 3 is 2.50 bits per heavy atom. The smallest absolute Gasteiger partial charge is 0.271 e. The van der Waals surface area contributed by atoms with Crippen molar-refractivity contribution < 1.29 is 14.4 Å². The van der Waals surface area contributed by atoms with Crippen molar-refractivity contribution in [2.24, 2.45) is 9.98 Å². The van der Waals surface area contributed by atoms with Crippen molar-refractivity contribution >= 4 is 63.2 Å². The van der Waals surface area contributed by atoms with Gasteiger partial charge in [0.1, 0.15) is 11.9 Å². The van der Waals surface area contributed by atoms with E-state index in [1.807, 2.05) is 64.9 Å². The average Bonchev–Trinajstić information content (AvgIpc) is 3.63. The van der Waals surface area contributed by atoms with Crippen molar-refractivity contribution in [1.82, 2.24) is 15.1 Å². The summed E-state index contributed by atoms with van der Waals surface area (Å²) >= 11 is 2.85. The number of benzene rings is 2. The van der Waals surface area contributed by atoms with E-state index >= 15 is 0 Å². The van der Waals surface area contributed by atoms with Crippen LogP contribution in [0.15, 0.2) is 82.1 Å². The number of amides is 3. The Morgan fingerprint density at radius 1 is 0.950 bits per heavy atom. The van der Waals surface area contributed by atoms with Gasteiger partial charge < -0.3 is 15.1 Å². The van der Waals surface area contributed by atoms with E-state index in [9.17, 15) is 14.4 Å². The highest BCUT2D eigenvalue weighted by molar-refractivity contribution is 8.14. The molecule has 9 nitrogen and oxygen atoms in total. The molecule has 0 saturated carbocycles. The lowest BCUT2D eigenvalue weighted by Crippen LogP contribution is -2.50.